The molecule has 0 amide bonds. The highest BCUT2D eigenvalue weighted by molar-refractivity contribution is 6.07. The summed E-state index contributed by atoms with van der Waals surface area (Å²) in [5, 5.41) is 6.42. The Kier molecular flexibility index (Phi) is 21.6. The van der Waals surface area contributed by atoms with Crippen molar-refractivity contribution in [1.82, 2.24) is 15.0 Å². The topological polar surface area (TPSA) is 88.2 Å². The zero-order valence-electron chi connectivity index (χ0n) is 56.9. The summed E-state index contributed by atoms with van der Waals surface area (Å²) in [5.74, 6) is 8.24. The van der Waals surface area contributed by atoms with E-state index in [4.69, 9.17) is 18.6 Å². The molecule has 0 fully saturated rings. The summed E-state index contributed by atoms with van der Waals surface area (Å²) in [6.07, 6.45) is 16.9. The smallest absolute Gasteiger partial charge is 0.136 e. The molecular formula is C87H105N3O4. The number of rotatable bonds is 15. The number of fused-ring (bicyclic) bond motifs is 12. The lowest BCUT2D eigenvalue weighted by Gasteiger charge is -2.36. The molecule has 0 aliphatic carbocycles. The average Bonchev–Trinajstić information content (AvgIpc) is 1.60. The number of furan rings is 1. The van der Waals surface area contributed by atoms with E-state index in [9.17, 15) is 0 Å². The standard InChI is InChI=1S/C31H33NO2.C27H33NO.C27H31NO.2CH4/c1-5-14-31(6-2)30-24(13-15-33-31)26-17-21(19(3)4)16-25(29(26)32-30)20-11-12-23-22-9-7-8-10-27(22)34-28(23)18-20;2*1-5-15-27(6-2)26-23(14-16-29-27)24-18-22(19(3)4)17-21(25(24)28-26)13-12-20-10-8-7-9-11-20;;/h7-12,16-19,32H,5-6,13-15H2,1-4H3;7-13,17-19,28H,5-6,14-16H2,1-4H3;7-11,17-19,28H,5-6,14-16H2,1-4H3;2*1H4/b;13-12+;;;. The first-order chi connectivity index (χ1) is 44.7. The highest BCUT2D eigenvalue weighted by atomic mass is 16.5. The van der Waals surface area contributed by atoms with Crippen LogP contribution in [0.4, 0.5) is 0 Å². The average molecular weight is 1260 g/mol. The fraction of sp³-hybridized carbons (Fsp3) is 0.402. The van der Waals surface area contributed by atoms with Gasteiger partial charge in [-0.1, -0.05) is 214 Å². The van der Waals surface area contributed by atoms with Gasteiger partial charge in [0.15, 0.2) is 0 Å². The molecule has 3 atom stereocenters. The number of aromatic amines is 3. The van der Waals surface area contributed by atoms with Crippen molar-refractivity contribution in [3.8, 4) is 23.0 Å². The second-order valence-electron chi connectivity index (χ2n) is 27.2. The highest BCUT2D eigenvalue weighted by Crippen LogP contribution is 2.48. The number of ether oxygens (including phenoxy) is 3. The normalized spacial score (nSPS) is 18.3. The maximum atomic E-state index is 6.48. The van der Waals surface area contributed by atoms with Gasteiger partial charge in [-0.15, -0.1) is 0 Å². The van der Waals surface area contributed by atoms with Crippen molar-refractivity contribution < 1.29 is 18.6 Å². The van der Waals surface area contributed by atoms with Gasteiger partial charge in [0, 0.05) is 43.6 Å². The van der Waals surface area contributed by atoms with E-state index in [0.717, 1.165) is 119 Å². The Morgan fingerprint density at radius 2 is 0.894 bits per heavy atom. The van der Waals surface area contributed by atoms with Gasteiger partial charge in [-0.2, -0.15) is 0 Å². The zero-order chi connectivity index (χ0) is 64.3. The van der Waals surface area contributed by atoms with Gasteiger partial charge in [0.1, 0.15) is 28.0 Å². The highest BCUT2D eigenvalue weighted by Gasteiger charge is 2.41. The molecule has 94 heavy (non-hydrogen) atoms. The van der Waals surface area contributed by atoms with E-state index in [2.05, 4.69) is 231 Å². The van der Waals surface area contributed by atoms with Crippen LogP contribution in [0.3, 0.4) is 0 Å². The molecular weight excluding hydrogens is 1150 g/mol. The van der Waals surface area contributed by atoms with Gasteiger partial charge in [0.2, 0.25) is 0 Å². The van der Waals surface area contributed by atoms with Crippen molar-refractivity contribution in [1.29, 1.82) is 0 Å². The molecule has 492 valence electrons. The summed E-state index contributed by atoms with van der Waals surface area (Å²) in [4.78, 5) is 11.5. The number of benzene rings is 7. The first kappa shape index (κ1) is 69.0. The van der Waals surface area contributed by atoms with Crippen LogP contribution in [0.15, 0.2) is 144 Å². The van der Waals surface area contributed by atoms with Gasteiger partial charge in [-0.25, -0.2) is 0 Å². The van der Waals surface area contributed by atoms with Crippen LogP contribution >= 0.6 is 0 Å². The van der Waals surface area contributed by atoms with Crippen LogP contribution < -0.4 is 0 Å². The summed E-state index contributed by atoms with van der Waals surface area (Å²) in [6.45, 7) is 29.5. The van der Waals surface area contributed by atoms with Gasteiger partial charge in [0.05, 0.1) is 53.5 Å². The molecule has 3 unspecified atom stereocenters. The first-order valence-electron chi connectivity index (χ1n) is 34.9. The summed E-state index contributed by atoms with van der Waals surface area (Å²) < 4.78 is 25.5. The summed E-state index contributed by atoms with van der Waals surface area (Å²) in [5.41, 5.74) is 24.4. The molecule has 11 aromatic rings. The Labute approximate surface area is 561 Å². The van der Waals surface area contributed by atoms with Gasteiger partial charge in [-0.05, 0) is 192 Å². The number of nitrogens with one attached hydrogen (secondary N) is 3. The lowest BCUT2D eigenvalue weighted by molar-refractivity contribution is -0.0725. The van der Waals surface area contributed by atoms with Crippen molar-refractivity contribution >= 4 is 66.8 Å². The zero-order valence-corrected chi connectivity index (χ0v) is 56.9. The van der Waals surface area contributed by atoms with Crippen molar-refractivity contribution in [2.45, 2.75) is 210 Å². The maximum Gasteiger partial charge on any atom is 0.136 e. The third kappa shape index (κ3) is 13.2. The van der Waals surface area contributed by atoms with Gasteiger partial charge < -0.3 is 33.6 Å². The lowest BCUT2D eigenvalue weighted by atomic mass is 9.85. The van der Waals surface area contributed by atoms with E-state index in [1.165, 1.54) is 116 Å². The number of aromatic nitrogens is 3. The predicted octanol–water partition coefficient (Wildman–Crippen LogP) is 24.2. The molecule has 7 aromatic carbocycles. The number of H-pyrrole nitrogens is 3. The quantitative estimate of drug-likeness (QED) is 0.0705. The second kappa shape index (κ2) is 29.4. The van der Waals surface area contributed by atoms with Crippen LogP contribution in [0, 0.1) is 11.8 Å². The van der Waals surface area contributed by atoms with Crippen molar-refractivity contribution in [2.24, 2.45) is 0 Å². The Bertz CT molecular complexity index is 4500. The number of para-hydroxylation sites is 1. The van der Waals surface area contributed by atoms with Gasteiger partial charge >= 0.3 is 0 Å². The van der Waals surface area contributed by atoms with Crippen molar-refractivity contribution in [3.63, 3.8) is 0 Å². The van der Waals surface area contributed by atoms with E-state index in [0.29, 0.717) is 17.8 Å². The van der Waals surface area contributed by atoms with Crippen molar-refractivity contribution in [3.05, 3.63) is 212 Å². The second-order valence-corrected chi connectivity index (χ2v) is 27.2. The fourth-order valence-electron chi connectivity index (χ4n) is 15.3. The summed E-state index contributed by atoms with van der Waals surface area (Å²) in [6, 6.07) is 49.9. The SMILES string of the molecule is C.C.CCCC1(CC)OCCc2c1[nH]c1c(-c3ccc4c(c3)oc3ccccc34)cc(C(C)C)cc21.CCCC1(CC)OCCc2c1[nH]c1c(/C=C/c3ccccc3)cc(C(C)C)cc21.CCCC1(CC)OCCc2c1[nH]c1c(C#Cc3ccccc3)cc(C(C)C)cc21. The summed E-state index contributed by atoms with van der Waals surface area (Å²) >= 11 is 0. The molecule has 0 saturated carbocycles. The molecule has 7 heteroatoms. The molecule has 14 rings (SSSR count). The van der Waals surface area contributed by atoms with E-state index in [1.807, 2.05) is 30.3 Å². The fourth-order valence-corrected chi connectivity index (χ4v) is 15.3. The van der Waals surface area contributed by atoms with Crippen LogP contribution in [0.25, 0.3) is 77.9 Å². The molecule has 4 aromatic heterocycles. The van der Waals surface area contributed by atoms with E-state index < -0.39 is 0 Å². The minimum absolute atomic E-state index is 0. The minimum Gasteiger partial charge on any atom is -0.456 e. The van der Waals surface area contributed by atoms with Crippen LogP contribution in [0.1, 0.15) is 246 Å². The number of hydrogen-bond acceptors (Lipinski definition) is 4. The van der Waals surface area contributed by atoms with Gasteiger partial charge in [-0.3, -0.25) is 0 Å². The minimum atomic E-state index is -0.209. The van der Waals surface area contributed by atoms with Gasteiger partial charge in [0.25, 0.3) is 0 Å². The number of hydrogen-bond donors (Lipinski definition) is 3. The van der Waals surface area contributed by atoms with E-state index in [-0.39, 0.29) is 31.7 Å². The molecule has 0 spiro atoms. The Hall–Kier alpha value is -7.86. The third-order valence-corrected chi connectivity index (χ3v) is 20.4. The van der Waals surface area contributed by atoms with E-state index in [1.54, 1.807) is 0 Å². The first-order valence-corrected chi connectivity index (χ1v) is 34.9. The molecule has 0 saturated heterocycles. The van der Waals surface area contributed by atoms with E-state index >= 15 is 0 Å². The lowest BCUT2D eigenvalue weighted by Crippen LogP contribution is -2.35. The summed E-state index contributed by atoms with van der Waals surface area (Å²) in [7, 11) is 0. The molecule has 3 aliphatic heterocycles. The monoisotopic (exact) mass is 1260 g/mol. The third-order valence-electron chi connectivity index (χ3n) is 20.4. The van der Waals surface area contributed by atoms with Crippen LogP contribution in [0.5, 0.6) is 0 Å². The molecule has 7 heterocycles. The molecule has 3 N–H and O–H groups in total. The van der Waals surface area contributed by atoms with Crippen molar-refractivity contribution in [2.75, 3.05) is 19.8 Å². The van der Waals surface area contributed by atoms with Crippen LogP contribution in [-0.2, 0) is 50.3 Å². The molecule has 3 aliphatic rings. The van der Waals surface area contributed by atoms with Crippen LogP contribution in [-0.4, -0.2) is 34.8 Å². The Morgan fingerprint density at radius 1 is 0.436 bits per heavy atom. The van der Waals surface area contributed by atoms with Crippen LogP contribution in [0.2, 0.25) is 0 Å². The largest absolute Gasteiger partial charge is 0.456 e. The molecule has 7 nitrogen and oxygen atoms in total. The molecule has 0 radical (unpaired) electrons. The Balaban J connectivity index is 0.000000153. The maximum absolute atomic E-state index is 6.48. The molecule has 0 bridgehead atoms. The Morgan fingerprint density at radius 3 is 1.43 bits per heavy atom. The predicted molar refractivity (Wildman–Crippen MR) is 401 cm³/mol.